The van der Waals surface area contributed by atoms with Gasteiger partial charge in [-0.2, -0.15) is 0 Å². The molecular weight excluding hydrogens is 324 g/mol. The van der Waals surface area contributed by atoms with Crippen molar-refractivity contribution in [3.05, 3.63) is 20.8 Å². The third kappa shape index (κ3) is 4.04. The van der Waals surface area contributed by atoms with E-state index in [9.17, 15) is 4.79 Å². The molecule has 0 radical (unpaired) electrons. The molecule has 2 rings (SSSR count). The van der Waals surface area contributed by atoms with Crippen molar-refractivity contribution in [1.29, 1.82) is 0 Å². The molecule has 0 bridgehead atoms. The minimum atomic E-state index is 0.190. The Kier molecular flexibility index (Phi) is 5.42. The van der Waals surface area contributed by atoms with Gasteiger partial charge in [0.15, 0.2) is 0 Å². The zero-order valence-corrected chi connectivity index (χ0v) is 14.0. The normalized spacial score (nSPS) is 16.2. The highest BCUT2D eigenvalue weighted by Crippen LogP contribution is 2.27. The molecule has 3 nitrogen and oxygen atoms in total. The summed E-state index contributed by atoms with van der Waals surface area (Å²) in [5, 5.41) is 1.95. The highest BCUT2D eigenvalue weighted by atomic mass is 79.9. The van der Waals surface area contributed by atoms with E-state index in [0.717, 1.165) is 35.3 Å². The fraction of sp³-hybridized carbons (Fsp3) is 0.643. The molecule has 1 fully saturated rings. The van der Waals surface area contributed by atoms with Gasteiger partial charge >= 0.3 is 0 Å². The third-order valence-corrected chi connectivity index (χ3v) is 5.13. The molecule has 1 aliphatic rings. The molecule has 1 aliphatic carbocycles. The molecule has 106 valence electrons. The molecule has 19 heavy (non-hydrogen) atoms. The average molecular weight is 345 g/mol. The quantitative estimate of drug-likeness (QED) is 0.816. The summed E-state index contributed by atoms with van der Waals surface area (Å²) in [6, 6.07) is 2.37. The van der Waals surface area contributed by atoms with Crippen LogP contribution in [0.15, 0.2) is 15.2 Å². The summed E-state index contributed by atoms with van der Waals surface area (Å²) in [5.41, 5.74) is 0.822. The third-order valence-electron chi connectivity index (χ3n) is 3.63. The number of rotatable bonds is 5. The predicted molar refractivity (Wildman–Crippen MR) is 83.9 cm³/mol. The Hall–Kier alpha value is -0.390. The fourth-order valence-corrected chi connectivity index (χ4v) is 3.69. The second-order valence-corrected chi connectivity index (χ2v) is 7.67. The maximum Gasteiger partial charge on any atom is 0.255 e. The van der Waals surface area contributed by atoms with Gasteiger partial charge in [0.25, 0.3) is 5.91 Å². The maximum atomic E-state index is 12.7. The molecule has 1 amide bonds. The summed E-state index contributed by atoms with van der Waals surface area (Å²) in [6.07, 6.45) is 4.82. The molecule has 1 aromatic heterocycles. The van der Waals surface area contributed by atoms with E-state index in [2.05, 4.69) is 39.8 Å². The standard InChI is InChI=1S/C14H21BrN2OS/c1-16(2)7-8-17(12-5-3-4-6-12)14(18)11-9-13(15)19-10-11/h9-10,12H,3-8H2,1-2H3. The summed E-state index contributed by atoms with van der Waals surface area (Å²) in [7, 11) is 4.11. The van der Waals surface area contributed by atoms with Gasteiger partial charge in [-0.15, -0.1) is 11.3 Å². The maximum absolute atomic E-state index is 12.7. The molecular formula is C14H21BrN2OS. The lowest BCUT2D eigenvalue weighted by Gasteiger charge is -2.30. The zero-order valence-electron chi connectivity index (χ0n) is 11.6. The topological polar surface area (TPSA) is 23.6 Å². The van der Waals surface area contributed by atoms with Gasteiger partial charge in [-0.05, 0) is 48.9 Å². The van der Waals surface area contributed by atoms with Crippen molar-refractivity contribution in [3.63, 3.8) is 0 Å². The number of thiophene rings is 1. The van der Waals surface area contributed by atoms with Crippen LogP contribution in [0.5, 0.6) is 0 Å². The first-order valence-electron chi connectivity index (χ1n) is 6.77. The largest absolute Gasteiger partial charge is 0.334 e. The summed E-state index contributed by atoms with van der Waals surface area (Å²) in [6.45, 7) is 1.75. The van der Waals surface area contributed by atoms with E-state index in [1.807, 2.05) is 11.4 Å². The van der Waals surface area contributed by atoms with Crippen molar-refractivity contribution < 1.29 is 4.79 Å². The van der Waals surface area contributed by atoms with Crippen LogP contribution >= 0.6 is 27.3 Å². The van der Waals surface area contributed by atoms with Gasteiger partial charge in [-0.1, -0.05) is 12.8 Å². The Labute approximate surface area is 127 Å². The molecule has 0 aromatic carbocycles. The summed E-state index contributed by atoms with van der Waals surface area (Å²) in [5.74, 6) is 0.190. The number of amides is 1. The van der Waals surface area contributed by atoms with Crippen molar-refractivity contribution in [2.24, 2.45) is 0 Å². The SMILES string of the molecule is CN(C)CCN(C(=O)c1csc(Br)c1)C1CCCC1. The van der Waals surface area contributed by atoms with Crippen LogP contribution in [0.3, 0.4) is 0 Å². The molecule has 1 aromatic rings. The van der Waals surface area contributed by atoms with Crippen LogP contribution in [0.25, 0.3) is 0 Å². The van der Waals surface area contributed by atoms with E-state index >= 15 is 0 Å². The van der Waals surface area contributed by atoms with Crippen molar-refractivity contribution >= 4 is 33.2 Å². The van der Waals surface area contributed by atoms with E-state index in [0.29, 0.717) is 6.04 Å². The van der Waals surface area contributed by atoms with E-state index in [-0.39, 0.29) is 5.91 Å². The van der Waals surface area contributed by atoms with Gasteiger partial charge in [-0.25, -0.2) is 0 Å². The predicted octanol–water partition coefficient (Wildman–Crippen LogP) is 3.46. The first-order valence-corrected chi connectivity index (χ1v) is 8.45. The number of nitrogens with zero attached hydrogens (tertiary/aromatic N) is 2. The highest BCUT2D eigenvalue weighted by Gasteiger charge is 2.27. The van der Waals surface area contributed by atoms with Gasteiger partial charge in [0.05, 0.1) is 9.35 Å². The van der Waals surface area contributed by atoms with Crippen LogP contribution < -0.4 is 0 Å². The van der Waals surface area contributed by atoms with Gasteiger partial charge in [0.1, 0.15) is 0 Å². The van der Waals surface area contributed by atoms with E-state index in [1.54, 1.807) is 11.3 Å². The smallest absolute Gasteiger partial charge is 0.255 e. The number of halogens is 1. The van der Waals surface area contributed by atoms with Crippen LogP contribution in [0.1, 0.15) is 36.0 Å². The van der Waals surface area contributed by atoms with E-state index in [1.165, 1.54) is 12.8 Å². The lowest BCUT2D eigenvalue weighted by atomic mass is 10.1. The minimum Gasteiger partial charge on any atom is -0.334 e. The van der Waals surface area contributed by atoms with Crippen LogP contribution in [-0.4, -0.2) is 48.9 Å². The molecule has 0 unspecified atom stereocenters. The van der Waals surface area contributed by atoms with Crippen LogP contribution in [0, 0.1) is 0 Å². The summed E-state index contributed by atoms with van der Waals surface area (Å²) < 4.78 is 1.02. The Morgan fingerprint density at radius 2 is 2.05 bits per heavy atom. The van der Waals surface area contributed by atoms with Crippen molar-refractivity contribution in [2.75, 3.05) is 27.2 Å². The first kappa shape index (κ1) is 15.0. The van der Waals surface area contributed by atoms with Crippen LogP contribution in [0.2, 0.25) is 0 Å². The molecule has 5 heteroatoms. The molecule has 0 aliphatic heterocycles. The van der Waals surface area contributed by atoms with E-state index < -0.39 is 0 Å². The number of hydrogen-bond acceptors (Lipinski definition) is 3. The van der Waals surface area contributed by atoms with Crippen molar-refractivity contribution in [1.82, 2.24) is 9.80 Å². The molecule has 0 atom stereocenters. The fourth-order valence-electron chi connectivity index (χ4n) is 2.56. The van der Waals surface area contributed by atoms with Crippen molar-refractivity contribution in [3.8, 4) is 0 Å². The van der Waals surface area contributed by atoms with Crippen LogP contribution in [-0.2, 0) is 0 Å². The number of carbonyl (C=O) groups is 1. The van der Waals surface area contributed by atoms with Gasteiger partial charge < -0.3 is 9.80 Å². The number of hydrogen-bond donors (Lipinski definition) is 0. The molecule has 0 N–H and O–H groups in total. The lowest BCUT2D eigenvalue weighted by Crippen LogP contribution is -2.42. The molecule has 0 saturated heterocycles. The van der Waals surface area contributed by atoms with E-state index in [4.69, 9.17) is 0 Å². The van der Waals surface area contributed by atoms with Gasteiger partial charge in [-0.3, -0.25) is 4.79 Å². The van der Waals surface area contributed by atoms with Crippen molar-refractivity contribution in [2.45, 2.75) is 31.7 Å². The van der Waals surface area contributed by atoms with Gasteiger partial charge in [0, 0.05) is 24.5 Å². The van der Waals surface area contributed by atoms with Gasteiger partial charge in [0.2, 0.25) is 0 Å². The highest BCUT2D eigenvalue weighted by molar-refractivity contribution is 9.11. The molecule has 0 spiro atoms. The summed E-state index contributed by atoms with van der Waals surface area (Å²) in [4.78, 5) is 16.9. The molecule has 1 heterocycles. The first-order chi connectivity index (χ1) is 9.08. The Morgan fingerprint density at radius 1 is 1.37 bits per heavy atom. The monoisotopic (exact) mass is 344 g/mol. The minimum absolute atomic E-state index is 0.190. The number of likely N-dealkylation sites (N-methyl/N-ethyl adjacent to an activating group) is 1. The second kappa shape index (κ2) is 6.86. The second-order valence-electron chi connectivity index (χ2n) is 5.38. The Bertz CT molecular complexity index is 427. The average Bonchev–Trinajstić information content (AvgIpc) is 3.00. The lowest BCUT2D eigenvalue weighted by molar-refractivity contribution is 0.0668. The molecule has 1 saturated carbocycles. The number of carbonyl (C=O) groups excluding carboxylic acids is 1. The zero-order chi connectivity index (χ0) is 13.8. The summed E-state index contributed by atoms with van der Waals surface area (Å²) >= 11 is 5.01. The Morgan fingerprint density at radius 3 is 2.58 bits per heavy atom. The van der Waals surface area contributed by atoms with Crippen LogP contribution in [0.4, 0.5) is 0 Å². The Balaban J connectivity index is 2.09.